The van der Waals surface area contributed by atoms with Crippen molar-refractivity contribution in [2.75, 3.05) is 0 Å². The third-order valence-electron chi connectivity index (χ3n) is 8.28. The van der Waals surface area contributed by atoms with Gasteiger partial charge in [-0.25, -0.2) is 4.98 Å². The molecule has 6 aromatic rings. The number of nitrogens with zero attached hydrogens (tertiary/aromatic N) is 4. The minimum Gasteiger partial charge on any atom is -0.278 e. The number of hydrogen-bond donors (Lipinski definition) is 0. The van der Waals surface area contributed by atoms with Crippen molar-refractivity contribution in [1.29, 1.82) is 0 Å². The van der Waals surface area contributed by atoms with Gasteiger partial charge in [0.25, 0.3) is 0 Å². The van der Waals surface area contributed by atoms with Crippen LogP contribution in [0.15, 0.2) is 122 Å². The van der Waals surface area contributed by atoms with Gasteiger partial charge >= 0.3 is 0 Å². The molecule has 0 saturated carbocycles. The van der Waals surface area contributed by atoms with Gasteiger partial charge in [0.05, 0.1) is 11.0 Å². The fourth-order valence-electron chi connectivity index (χ4n) is 6.24. The Labute approximate surface area is 240 Å². The van der Waals surface area contributed by atoms with E-state index in [1.165, 1.54) is 33.0 Å². The first kappa shape index (κ1) is 24.9. The van der Waals surface area contributed by atoms with Crippen molar-refractivity contribution < 1.29 is 0 Å². The van der Waals surface area contributed by atoms with Crippen LogP contribution < -0.4 is 0 Å². The quantitative estimate of drug-likeness (QED) is 0.223. The van der Waals surface area contributed by atoms with Crippen molar-refractivity contribution >= 4 is 27.4 Å². The molecule has 0 bridgehead atoms. The molecule has 2 aromatic heterocycles. The van der Waals surface area contributed by atoms with Crippen LogP contribution in [0.25, 0.3) is 56.1 Å². The van der Waals surface area contributed by atoms with Gasteiger partial charge in [0.1, 0.15) is 0 Å². The zero-order valence-corrected chi connectivity index (χ0v) is 23.5. The molecule has 0 radical (unpaired) electrons. The molecule has 198 valence electrons. The summed E-state index contributed by atoms with van der Waals surface area (Å²) in [5.41, 5.74) is 9.78. The van der Waals surface area contributed by atoms with Crippen LogP contribution in [0.2, 0.25) is 0 Å². The SMILES string of the molecule is C=CC1=C(C=C)C(C)(C)c2cc3c4ccc(C)cc4n(-c4nc(-c5ccccc5)nc(-c5ccccc5)n4)c3cc21. The summed E-state index contributed by atoms with van der Waals surface area (Å²) in [5, 5.41) is 2.34. The molecule has 1 aliphatic rings. The second-order valence-corrected chi connectivity index (χ2v) is 11.1. The van der Waals surface area contributed by atoms with Gasteiger partial charge in [-0.15, -0.1) is 0 Å². The molecule has 0 aliphatic heterocycles. The summed E-state index contributed by atoms with van der Waals surface area (Å²) in [6, 6.07) is 31.4. The van der Waals surface area contributed by atoms with E-state index in [1.54, 1.807) is 0 Å². The Morgan fingerprint density at radius 1 is 0.683 bits per heavy atom. The number of fused-ring (bicyclic) bond motifs is 4. The van der Waals surface area contributed by atoms with Crippen LogP contribution >= 0.6 is 0 Å². The summed E-state index contributed by atoms with van der Waals surface area (Å²) >= 11 is 0. The molecule has 0 saturated heterocycles. The van der Waals surface area contributed by atoms with Gasteiger partial charge in [0, 0.05) is 27.3 Å². The molecule has 0 atom stereocenters. The molecule has 0 spiro atoms. The largest absolute Gasteiger partial charge is 0.278 e. The van der Waals surface area contributed by atoms with Crippen LogP contribution in [0.4, 0.5) is 0 Å². The van der Waals surface area contributed by atoms with Gasteiger partial charge in [0.15, 0.2) is 11.6 Å². The van der Waals surface area contributed by atoms with Gasteiger partial charge in [-0.05, 0) is 53.0 Å². The summed E-state index contributed by atoms with van der Waals surface area (Å²) in [6.45, 7) is 15.0. The lowest BCUT2D eigenvalue weighted by Crippen LogP contribution is -2.16. The summed E-state index contributed by atoms with van der Waals surface area (Å²) in [4.78, 5) is 15.1. The van der Waals surface area contributed by atoms with E-state index in [0.717, 1.165) is 27.7 Å². The lowest BCUT2D eigenvalue weighted by molar-refractivity contribution is 0.655. The van der Waals surface area contributed by atoms with Crippen LogP contribution in [0, 0.1) is 6.92 Å². The van der Waals surface area contributed by atoms with Crippen molar-refractivity contribution in [3.8, 4) is 28.7 Å². The molecule has 7 rings (SSSR count). The minimum absolute atomic E-state index is 0.179. The fourth-order valence-corrected chi connectivity index (χ4v) is 6.24. The predicted molar refractivity (Wildman–Crippen MR) is 170 cm³/mol. The minimum atomic E-state index is -0.179. The lowest BCUT2D eigenvalue weighted by atomic mass is 9.81. The van der Waals surface area contributed by atoms with Crippen molar-refractivity contribution in [2.24, 2.45) is 0 Å². The zero-order valence-electron chi connectivity index (χ0n) is 23.5. The molecule has 41 heavy (non-hydrogen) atoms. The Morgan fingerprint density at radius 3 is 1.88 bits per heavy atom. The average molecular weight is 531 g/mol. The molecule has 4 aromatic carbocycles. The normalized spacial score (nSPS) is 14.0. The van der Waals surface area contributed by atoms with Crippen molar-refractivity contribution in [3.05, 3.63) is 139 Å². The molecule has 0 amide bonds. The van der Waals surface area contributed by atoms with Crippen LogP contribution in [0.5, 0.6) is 0 Å². The fraction of sp³-hybridized carbons (Fsp3) is 0.108. The van der Waals surface area contributed by atoms with E-state index < -0.39 is 0 Å². The summed E-state index contributed by atoms with van der Waals surface area (Å²) in [6.07, 6.45) is 3.93. The highest BCUT2D eigenvalue weighted by Gasteiger charge is 2.36. The highest BCUT2D eigenvalue weighted by molar-refractivity contribution is 6.11. The monoisotopic (exact) mass is 530 g/mol. The first-order valence-corrected chi connectivity index (χ1v) is 13.9. The number of aromatic nitrogens is 4. The predicted octanol–water partition coefficient (Wildman–Crippen LogP) is 9.03. The lowest BCUT2D eigenvalue weighted by Gasteiger charge is -2.22. The van der Waals surface area contributed by atoms with Gasteiger partial charge in [-0.3, -0.25) is 4.57 Å². The molecule has 0 fully saturated rings. The molecule has 4 nitrogen and oxygen atoms in total. The second kappa shape index (κ2) is 9.24. The summed E-state index contributed by atoms with van der Waals surface area (Å²) < 4.78 is 2.19. The standard InChI is InChI=1S/C37H30N4/c1-6-26-28-22-33-29(21-31(28)37(4,5)30(26)7-2)27-19-18-23(3)20-32(27)41(33)36-39-34(24-14-10-8-11-15-24)38-35(40-36)25-16-12-9-13-17-25/h6-22H,1-2H2,3-5H3. The van der Waals surface area contributed by atoms with E-state index in [2.05, 4.69) is 68.8 Å². The maximum atomic E-state index is 5.09. The number of hydrogen-bond acceptors (Lipinski definition) is 3. The summed E-state index contributed by atoms with van der Waals surface area (Å²) in [7, 11) is 0. The van der Waals surface area contributed by atoms with Crippen LogP contribution in [-0.2, 0) is 5.41 Å². The Hall–Kier alpha value is -5.09. The summed E-state index contributed by atoms with van der Waals surface area (Å²) in [5.74, 6) is 1.87. The smallest absolute Gasteiger partial charge is 0.238 e. The molecule has 2 heterocycles. The Morgan fingerprint density at radius 2 is 1.29 bits per heavy atom. The van der Waals surface area contributed by atoms with E-state index >= 15 is 0 Å². The number of allylic oxidation sites excluding steroid dienone is 4. The molecular formula is C37H30N4. The average Bonchev–Trinajstić information content (AvgIpc) is 3.43. The molecule has 0 N–H and O–H groups in total. The van der Waals surface area contributed by atoms with E-state index in [9.17, 15) is 0 Å². The number of aryl methyl sites for hydroxylation is 1. The number of benzene rings is 4. The van der Waals surface area contributed by atoms with Crippen molar-refractivity contribution in [3.63, 3.8) is 0 Å². The Balaban J connectivity index is 1.60. The first-order chi connectivity index (χ1) is 19.9. The van der Waals surface area contributed by atoms with Crippen LogP contribution in [0.1, 0.15) is 30.5 Å². The highest BCUT2D eigenvalue weighted by atomic mass is 15.2. The van der Waals surface area contributed by atoms with Crippen molar-refractivity contribution in [2.45, 2.75) is 26.2 Å². The van der Waals surface area contributed by atoms with E-state index in [1.807, 2.05) is 72.8 Å². The third-order valence-corrected chi connectivity index (χ3v) is 8.28. The third kappa shape index (κ3) is 3.79. The Kier molecular flexibility index (Phi) is 5.62. The number of rotatable bonds is 5. The van der Waals surface area contributed by atoms with E-state index in [4.69, 9.17) is 15.0 Å². The molecule has 1 aliphatic carbocycles. The molecule has 4 heteroatoms. The van der Waals surface area contributed by atoms with Crippen molar-refractivity contribution in [1.82, 2.24) is 19.5 Å². The zero-order chi connectivity index (χ0) is 28.3. The molecule has 0 unspecified atom stereocenters. The highest BCUT2D eigenvalue weighted by Crippen LogP contribution is 2.49. The van der Waals surface area contributed by atoms with Gasteiger partial charge in [-0.2, -0.15) is 9.97 Å². The first-order valence-electron chi connectivity index (χ1n) is 13.9. The van der Waals surface area contributed by atoms with Gasteiger partial charge in [-0.1, -0.05) is 112 Å². The van der Waals surface area contributed by atoms with Gasteiger partial charge < -0.3 is 0 Å². The maximum Gasteiger partial charge on any atom is 0.238 e. The van der Waals surface area contributed by atoms with E-state index in [0.29, 0.717) is 17.6 Å². The Bertz CT molecular complexity index is 1990. The van der Waals surface area contributed by atoms with E-state index in [-0.39, 0.29) is 5.41 Å². The van der Waals surface area contributed by atoms with Crippen LogP contribution in [0.3, 0.4) is 0 Å². The molecular weight excluding hydrogens is 500 g/mol. The van der Waals surface area contributed by atoms with Crippen LogP contribution in [-0.4, -0.2) is 19.5 Å². The second-order valence-electron chi connectivity index (χ2n) is 11.1. The van der Waals surface area contributed by atoms with Gasteiger partial charge in [0.2, 0.25) is 5.95 Å². The topological polar surface area (TPSA) is 43.6 Å². The maximum absolute atomic E-state index is 5.09.